The van der Waals surface area contributed by atoms with Gasteiger partial charge in [0.05, 0.1) is 16.8 Å². The number of nitrogens with zero attached hydrogens (tertiary/aromatic N) is 2. The molecular formula is C57H36N2S. The molecule has 2 nitrogen and oxygen atoms in total. The molecule has 0 amide bonds. The molecule has 9 aromatic carbocycles. The van der Waals surface area contributed by atoms with Crippen LogP contribution in [0.3, 0.4) is 0 Å². The summed E-state index contributed by atoms with van der Waals surface area (Å²) in [7, 11) is 0. The summed E-state index contributed by atoms with van der Waals surface area (Å²) in [5.41, 5.74) is 14.3. The van der Waals surface area contributed by atoms with E-state index in [0.29, 0.717) is 5.82 Å². The molecule has 0 saturated heterocycles. The van der Waals surface area contributed by atoms with Crippen molar-refractivity contribution in [3.8, 4) is 56.2 Å². The third-order valence-corrected chi connectivity index (χ3v) is 13.6. The molecule has 1 aliphatic carbocycles. The Morgan fingerprint density at radius 3 is 1.77 bits per heavy atom. The van der Waals surface area contributed by atoms with E-state index in [1.54, 1.807) is 0 Å². The molecule has 0 fully saturated rings. The van der Waals surface area contributed by atoms with E-state index >= 15 is 0 Å². The smallest absolute Gasteiger partial charge is 0.160 e. The normalized spacial score (nSPS) is 12.8. The Balaban J connectivity index is 1.07. The third-order valence-electron chi connectivity index (χ3n) is 12.4. The van der Waals surface area contributed by atoms with E-state index in [2.05, 4.69) is 218 Å². The van der Waals surface area contributed by atoms with Gasteiger partial charge in [-0.15, -0.1) is 11.3 Å². The van der Waals surface area contributed by atoms with Crippen molar-refractivity contribution >= 4 is 42.3 Å². The fraction of sp³-hybridized carbons (Fsp3) is 0.0175. The van der Waals surface area contributed by atoms with Gasteiger partial charge in [-0.25, -0.2) is 9.97 Å². The topological polar surface area (TPSA) is 25.8 Å². The van der Waals surface area contributed by atoms with Crippen LogP contribution in [0.4, 0.5) is 0 Å². The van der Waals surface area contributed by atoms with Gasteiger partial charge in [-0.3, -0.25) is 0 Å². The molecule has 2 aromatic heterocycles. The Hall–Kier alpha value is -7.46. The summed E-state index contributed by atoms with van der Waals surface area (Å²) in [6.45, 7) is 0. The second kappa shape index (κ2) is 13.8. The van der Waals surface area contributed by atoms with Gasteiger partial charge in [-0.05, 0) is 85.6 Å². The molecule has 280 valence electrons. The van der Waals surface area contributed by atoms with Crippen LogP contribution >= 0.6 is 11.3 Å². The van der Waals surface area contributed by atoms with Crippen LogP contribution in [0.15, 0.2) is 218 Å². The predicted octanol–water partition coefficient (Wildman–Crippen LogP) is 15.0. The average Bonchev–Trinajstić information content (AvgIpc) is 3.86. The summed E-state index contributed by atoms with van der Waals surface area (Å²) in [5, 5.41) is 4.95. The molecule has 12 rings (SSSR count). The number of fused-ring (bicyclic) bond motifs is 7. The lowest BCUT2D eigenvalue weighted by molar-refractivity contribution is 0.768. The van der Waals surface area contributed by atoms with Crippen molar-refractivity contribution in [2.45, 2.75) is 5.41 Å². The largest absolute Gasteiger partial charge is 0.228 e. The molecule has 0 spiro atoms. The quantitative estimate of drug-likeness (QED) is 0.168. The zero-order valence-corrected chi connectivity index (χ0v) is 33.4. The first-order valence-electron chi connectivity index (χ1n) is 20.5. The molecular weight excluding hydrogens is 745 g/mol. The first-order valence-corrected chi connectivity index (χ1v) is 21.3. The van der Waals surface area contributed by atoms with Crippen molar-refractivity contribution in [1.29, 1.82) is 0 Å². The second-order valence-corrected chi connectivity index (χ2v) is 16.7. The van der Waals surface area contributed by atoms with E-state index in [4.69, 9.17) is 9.97 Å². The van der Waals surface area contributed by atoms with Crippen molar-refractivity contribution in [3.05, 3.63) is 241 Å². The van der Waals surface area contributed by atoms with Crippen molar-refractivity contribution < 1.29 is 0 Å². The van der Waals surface area contributed by atoms with Crippen LogP contribution in [-0.2, 0) is 5.41 Å². The standard InChI is InChI=1S/C57H36N2S/c1-3-19-43(20-4-1)57(44-21-5-2-6-22-44)50-27-11-9-23-46(50)47-32-31-41(35-51(47)57)53-36-52(58-56(59-53)42-30-29-37-15-7-8-16-38(37)33-42)40-18-13-17-39(34-40)45-25-14-26-49-48-24-10-12-28-54(48)60-55(45)49/h1-36H. The number of hydrogen-bond acceptors (Lipinski definition) is 3. The molecule has 0 aliphatic heterocycles. The minimum absolute atomic E-state index is 0.510. The van der Waals surface area contributed by atoms with Crippen LogP contribution in [0.1, 0.15) is 22.3 Å². The highest BCUT2D eigenvalue weighted by Gasteiger charge is 2.46. The van der Waals surface area contributed by atoms with Crippen LogP contribution in [0.25, 0.3) is 87.1 Å². The van der Waals surface area contributed by atoms with Crippen molar-refractivity contribution in [1.82, 2.24) is 9.97 Å². The highest BCUT2D eigenvalue weighted by Crippen LogP contribution is 2.56. The summed E-state index contributed by atoms with van der Waals surface area (Å²) in [6, 6.07) is 79.3. The van der Waals surface area contributed by atoms with Gasteiger partial charge in [-0.1, -0.05) is 188 Å². The second-order valence-electron chi connectivity index (χ2n) is 15.7. The van der Waals surface area contributed by atoms with E-state index in [1.807, 2.05) is 11.3 Å². The molecule has 0 atom stereocenters. The highest BCUT2D eigenvalue weighted by atomic mass is 32.1. The zero-order valence-electron chi connectivity index (χ0n) is 32.6. The molecule has 0 radical (unpaired) electrons. The third kappa shape index (κ3) is 5.40. The minimum atomic E-state index is -0.510. The number of aromatic nitrogens is 2. The average molecular weight is 781 g/mol. The first kappa shape index (κ1) is 34.6. The Kier molecular flexibility index (Phi) is 7.97. The maximum atomic E-state index is 5.41. The Bertz CT molecular complexity index is 3400. The lowest BCUT2D eigenvalue weighted by atomic mass is 9.67. The molecule has 0 N–H and O–H groups in total. The lowest BCUT2D eigenvalue weighted by Gasteiger charge is -2.34. The number of rotatable bonds is 6. The molecule has 60 heavy (non-hydrogen) atoms. The van der Waals surface area contributed by atoms with Gasteiger partial charge in [0.15, 0.2) is 5.82 Å². The number of benzene rings is 9. The van der Waals surface area contributed by atoms with E-state index in [-0.39, 0.29) is 0 Å². The monoisotopic (exact) mass is 780 g/mol. The van der Waals surface area contributed by atoms with Gasteiger partial charge < -0.3 is 0 Å². The number of thiophene rings is 1. The molecule has 0 unspecified atom stereocenters. The summed E-state index contributed by atoms with van der Waals surface area (Å²) in [4.78, 5) is 10.8. The van der Waals surface area contributed by atoms with E-state index < -0.39 is 5.41 Å². The Labute approximate surface area is 352 Å². The molecule has 11 aromatic rings. The Morgan fingerprint density at radius 2 is 0.950 bits per heavy atom. The first-order chi connectivity index (χ1) is 29.7. The van der Waals surface area contributed by atoms with Gasteiger partial charge >= 0.3 is 0 Å². The maximum absolute atomic E-state index is 5.41. The van der Waals surface area contributed by atoms with E-state index in [0.717, 1.165) is 33.5 Å². The van der Waals surface area contributed by atoms with E-state index in [1.165, 1.54) is 70.1 Å². The molecule has 1 aliphatic rings. The summed E-state index contributed by atoms with van der Waals surface area (Å²) in [5.74, 6) is 0.700. The van der Waals surface area contributed by atoms with E-state index in [9.17, 15) is 0 Å². The van der Waals surface area contributed by atoms with Gasteiger partial charge in [0.1, 0.15) is 0 Å². The number of hydrogen-bond donors (Lipinski definition) is 0. The predicted molar refractivity (Wildman–Crippen MR) is 251 cm³/mol. The van der Waals surface area contributed by atoms with Gasteiger partial charge in [-0.2, -0.15) is 0 Å². The summed E-state index contributed by atoms with van der Waals surface area (Å²) >= 11 is 1.86. The maximum Gasteiger partial charge on any atom is 0.160 e. The lowest BCUT2D eigenvalue weighted by Crippen LogP contribution is -2.28. The van der Waals surface area contributed by atoms with Crippen molar-refractivity contribution in [3.63, 3.8) is 0 Å². The summed E-state index contributed by atoms with van der Waals surface area (Å²) in [6.07, 6.45) is 0. The van der Waals surface area contributed by atoms with Crippen LogP contribution in [0.2, 0.25) is 0 Å². The fourth-order valence-electron chi connectivity index (χ4n) is 9.62. The Morgan fingerprint density at radius 1 is 0.350 bits per heavy atom. The molecule has 3 heteroatoms. The minimum Gasteiger partial charge on any atom is -0.228 e. The van der Waals surface area contributed by atoms with Crippen molar-refractivity contribution in [2.75, 3.05) is 0 Å². The van der Waals surface area contributed by atoms with Crippen LogP contribution in [-0.4, -0.2) is 9.97 Å². The van der Waals surface area contributed by atoms with Crippen LogP contribution in [0.5, 0.6) is 0 Å². The zero-order chi connectivity index (χ0) is 39.6. The molecule has 0 bridgehead atoms. The van der Waals surface area contributed by atoms with Crippen LogP contribution < -0.4 is 0 Å². The molecule has 0 saturated carbocycles. The van der Waals surface area contributed by atoms with Crippen molar-refractivity contribution in [2.24, 2.45) is 0 Å². The van der Waals surface area contributed by atoms with Gasteiger partial charge in [0.2, 0.25) is 0 Å². The molecule has 2 heterocycles. The van der Waals surface area contributed by atoms with Gasteiger partial charge in [0, 0.05) is 36.9 Å². The fourth-order valence-corrected chi connectivity index (χ4v) is 10.9. The highest BCUT2D eigenvalue weighted by molar-refractivity contribution is 7.26. The van der Waals surface area contributed by atoms with Gasteiger partial charge in [0.25, 0.3) is 0 Å². The SMILES string of the molecule is c1ccc(C2(c3ccccc3)c3ccccc3-c3ccc(-c4cc(-c5cccc(-c6cccc7c6sc6ccccc67)c5)nc(-c5ccc6ccccc6c5)n4)cc32)cc1. The van der Waals surface area contributed by atoms with Crippen LogP contribution in [0, 0.1) is 0 Å². The summed E-state index contributed by atoms with van der Waals surface area (Å²) < 4.78 is 2.60.